The van der Waals surface area contributed by atoms with Crippen molar-refractivity contribution in [3.63, 3.8) is 0 Å². The number of likely N-dealkylation sites (tertiary alicyclic amines) is 1. The van der Waals surface area contributed by atoms with Gasteiger partial charge in [0.05, 0.1) is 19.2 Å². The molecule has 0 bridgehead atoms. The number of aromatic nitrogens is 5. The third-order valence-corrected chi connectivity index (χ3v) is 7.22. The van der Waals surface area contributed by atoms with E-state index in [1.807, 2.05) is 0 Å². The number of halogens is 2. The maximum Gasteiger partial charge on any atom is 0.313 e. The molecule has 0 saturated carbocycles. The standard InChI is InChI=1S/C28H25BrFN7O5/c1-15(38)27-19-8-16(17-11-31-24(32-12-17)10-26(40)42-2)6-7-20(19)37(35-27)14-25(39)36-13-18(30)9-21(36)28(41)34-23-5-3-4-22(29)33-23/h3-8,11-12,18,21H,9-10,13-14H2,1-2H3,(H,33,34,41)/t18-,21+/m1/s1. The molecule has 2 amide bonds. The molecule has 0 aliphatic carbocycles. The van der Waals surface area contributed by atoms with Crippen molar-refractivity contribution in [3.8, 4) is 11.1 Å². The molecule has 3 aromatic heterocycles. The quantitative estimate of drug-likeness (QED) is 0.175. The Morgan fingerprint density at radius 3 is 2.57 bits per heavy atom. The average Bonchev–Trinajstić information content (AvgIpc) is 3.54. The molecule has 0 radical (unpaired) electrons. The van der Waals surface area contributed by atoms with Gasteiger partial charge in [-0.2, -0.15) is 5.10 Å². The molecule has 2 atom stereocenters. The highest BCUT2D eigenvalue weighted by molar-refractivity contribution is 9.10. The number of ether oxygens (including phenoxy) is 1. The zero-order valence-corrected chi connectivity index (χ0v) is 24.2. The normalized spacial score (nSPS) is 16.4. The molecule has 1 fully saturated rings. The number of pyridine rings is 1. The van der Waals surface area contributed by atoms with Crippen LogP contribution >= 0.6 is 15.9 Å². The van der Waals surface area contributed by atoms with Crippen molar-refractivity contribution in [1.29, 1.82) is 0 Å². The van der Waals surface area contributed by atoms with Crippen molar-refractivity contribution in [2.75, 3.05) is 19.0 Å². The SMILES string of the molecule is COC(=O)Cc1ncc(-c2ccc3c(c2)c(C(C)=O)nn3CC(=O)N2C[C@H](F)C[C@H]2C(=O)Nc2cccc(Br)n2)cn1. The van der Waals surface area contributed by atoms with E-state index in [1.165, 1.54) is 23.6 Å². The van der Waals surface area contributed by atoms with Crippen LogP contribution in [0, 0.1) is 0 Å². The summed E-state index contributed by atoms with van der Waals surface area (Å²) in [6.45, 7) is 0.827. The summed E-state index contributed by atoms with van der Waals surface area (Å²) in [6.07, 6.45) is 1.54. The first kappa shape index (κ1) is 28.9. The van der Waals surface area contributed by atoms with Crippen LogP contribution < -0.4 is 5.32 Å². The predicted molar refractivity (Wildman–Crippen MR) is 152 cm³/mol. The van der Waals surface area contributed by atoms with E-state index in [4.69, 9.17) is 0 Å². The van der Waals surface area contributed by atoms with Crippen LogP contribution in [0.25, 0.3) is 22.0 Å². The van der Waals surface area contributed by atoms with Gasteiger partial charge in [0, 0.05) is 36.7 Å². The number of alkyl halides is 1. The molecular weight excluding hydrogens is 613 g/mol. The molecule has 1 N–H and O–H groups in total. The number of nitrogens with zero attached hydrogens (tertiary/aromatic N) is 6. The highest BCUT2D eigenvalue weighted by Gasteiger charge is 2.40. The number of hydrogen-bond donors (Lipinski definition) is 1. The first-order chi connectivity index (χ1) is 20.1. The summed E-state index contributed by atoms with van der Waals surface area (Å²) < 4.78 is 21.0. The number of hydrogen-bond acceptors (Lipinski definition) is 9. The summed E-state index contributed by atoms with van der Waals surface area (Å²) in [5.74, 6) is -1.25. The Hall–Kier alpha value is -4.59. The van der Waals surface area contributed by atoms with Crippen LogP contribution in [0.2, 0.25) is 0 Å². The Kier molecular flexibility index (Phi) is 8.34. The third kappa shape index (κ3) is 6.17. The zero-order valence-electron chi connectivity index (χ0n) is 22.6. The molecule has 1 saturated heterocycles. The van der Waals surface area contributed by atoms with Crippen LogP contribution in [0.5, 0.6) is 0 Å². The number of benzene rings is 1. The van der Waals surface area contributed by atoms with Gasteiger partial charge in [-0.1, -0.05) is 12.1 Å². The molecule has 4 aromatic rings. The Labute approximate surface area is 247 Å². The second-order valence-electron chi connectivity index (χ2n) is 9.66. The van der Waals surface area contributed by atoms with Crippen LogP contribution in [0.15, 0.2) is 53.4 Å². The summed E-state index contributed by atoms with van der Waals surface area (Å²) in [4.78, 5) is 64.1. The van der Waals surface area contributed by atoms with E-state index in [9.17, 15) is 23.6 Å². The number of carbonyl (C=O) groups excluding carboxylic acids is 4. The molecular formula is C28H25BrFN7O5. The van der Waals surface area contributed by atoms with E-state index in [0.717, 1.165) is 0 Å². The molecule has 5 rings (SSSR count). The molecule has 1 aromatic carbocycles. The lowest BCUT2D eigenvalue weighted by Gasteiger charge is -2.23. The van der Waals surface area contributed by atoms with Gasteiger partial charge in [0.2, 0.25) is 11.8 Å². The van der Waals surface area contributed by atoms with Crippen molar-refractivity contribution in [3.05, 3.63) is 64.9 Å². The number of carbonyl (C=O) groups is 4. The first-order valence-electron chi connectivity index (χ1n) is 12.9. The lowest BCUT2D eigenvalue weighted by atomic mass is 10.0. The third-order valence-electron chi connectivity index (χ3n) is 6.78. The highest BCUT2D eigenvalue weighted by Crippen LogP contribution is 2.28. The van der Waals surface area contributed by atoms with E-state index in [1.54, 1.807) is 48.8 Å². The van der Waals surface area contributed by atoms with Gasteiger partial charge in [0.15, 0.2) is 5.78 Å². The Morgan fingerprint density at radius 1 is 1.12 bits per heavy atom. The summed E-state index contributed by atoms with van der Waals surface area (Å²) >= 11 is 3.24. The second kappa shape index (κ2) is 12.1. The van der Waals surface area contributed by atoms with E-state index >= 15 is 0 Å². The number of amides is 2. The number of ketones is 1. The molecule has 0 unspecified atom stereocenters. The van der Waals surface area contributed by atoms with E-state index in [0.29, 0.717) is 32.5 Å². The van der Waals surface area contributed by atoms with Crippen molar-refractivity contribution < 1.29 is 28.3 Å². The summed E-state index contributed by atoms with van der Waals surface area (Å²) in [5, 5.41) is 7.53. The maximum atomic E-state index is 14.5. The van der Waals surface area contributed by atoms with E-state index in [-0.39, 0.29) is 43.2 Å². The predicted octanol–water partition coefficient (Wildman–Crippen LogP) is 3.15. The van der Waals surface area contributed by atoms with E-state index in [2.05, 4.69) is 46.0 Å². The molecule has 4 heterocycles. The van der Waals surface area contributed by atoms with Gasteiger partial charge in [-0.3, -0.25) is 23.9 Å². The number of methoxy groups -OCH3 is 1. The Balaban J connectivity index is 1.38. The summed E-state index contributed by atoms with van der Waals surface area (Å²) in [7, 11) is 1.28. The van der Waals surface area contributed by atoms with Crippen LogP contribution in [0.4, 0.5) is 10.2 Å². The van der Waals surface area contributed by atoms with E-state index < -0.39 is 30.0 Å². The molecule has 12 nitrogen and oxygen atoms in total. The highest BCUT2D eigenvalue weighted by atomic mass is 79.9. The van der Waals surface area contributed by atoms with Gasteiger partial charge < -0.3 is 15.0 Å². The summed E-state index contributed by atoms with van der Waals surface area (Å²) in [5.41, 5.74) is 2.00. The number of rotatable bonds is 8. The monoisotopic (exact) mass is 637 g/mol. The molecule has 42 heavy (non-hydrogen) atoms. The number of anilines is 1. The van der Waals surface area contributed by atoms with Crippen molar-refractivity contribution in [1.82, 2.24) is 29.6 Å². The van der Waals surface area contributed by atoms with Gasteiger partial charge in [-0.15, -0.1) is 0 Å². The Morgan fingerprint density at radius 2 is 1.88 bits per heavy atom. The zero-order chi connectivity index (χ0) is 30.0. The largest absolute Gasteiger partial charge is 0.469 e. The fraction of sp³-hybridized carbons (Fsp3) is 0.286. The maximum absolute atomic E-state index is 14.5. The minimum Gasteiger partial charge on any atom is -0.469 e. The Bertz CT molecular complexity index is 1690. The van der Waals surface area contributed by atoms with Gasteiger partial charge in [-0.05, 0) is 45.8 Å². The lowest BCUT2D eigenvalue weighted by molar-refractivity contribution is -0.140. The molecule has 0 spiro atoms. The lowest BCUT2D eigenvalue weighted by Crippen LogP contribution is -2.44. The van der Waals surface area contributed by atoms with Crippen molar-refractivity contribution in [2.24, 2.45) is 0 Å². The van der Waals surface area contributed by atoms with Gasteiger partial charge >= 0.3 is 5.97 Å². The van der Waals surface area contributed by atoms with Gasteiger partial charge in [0.25, 0.3) is 0 Å². The smallest absolute Gasteiger partial charge is 0.313 e. The minimum absolute atomic E-state index is 0.0608. The number of esters is 1. The molecule has 1 aliphatic rings. The molecule has 1 aliphatic heterocycles. The fourth-order valence-electron chi connectivity index (χ4n) is 4.75. The molecule has 216 valence electrons. The fourth-order valence-corrected chi connectivity index (χ4v) is 5.09. The van der Waals surface area contributed by atoms with Gasteiger partial charge in [-0.25, -0.2) is 19.3 Å². The van der Waals surface area contributed by atoms with Crippen LogP contribution in [0.1, 0.15) is 29.7 Å². The first-order valence-corrected chi connectivity index (χ1v) is 13.7. The second-order valence-corrected chi connectivity index (χ2v) is 10.5. The number of nitrogens with one attached hydrogen (secondary N) is 1. The van der Waals surface area contributed by atoms with Crippen LogP contribution in [-0.4, -0.2) is 79.1 Å². The average molecular weight is 638 g/mol. The topological polar surface area (TPSA) is 149 Å². The number of Topliss-reactive ketones (excluding diaryl/α,β-unsaturated/α-hetero) is 1. The minimum atomic E-state index is -1.37. The van der Waals surface area contributed by atoms with Gasteiger partial charge in [0.1, 0.15) is 47.1 Å². The van der Waals surface area contributed by atoms with Crippen LogP contribution in [-0.2, 0) is 32.1 Å². The molecule has 14 heteroatoms. The van der Waals surface area contributed by atoms with Crippen molar-refractivity contribution >= 4 is 56.2 Å². The van der Waals surface area contributed by atoms with Crippen LogP contribution in [0.3, 0.4) is 0 Å². The van der Waals surface area contributed by atoms with Crippen molar-refractivity contribution in [2.45, 2.75) is 38.5 Å². The summed E-state index contributed by atoms with van der Waals surface area (Å²) in [6, 6.07) is 9.17. The number of fused-ring (bicyclic) bond motifs is 1.